The molecule has 2 nitrogen and oxygen atoms in total. The van der Waals surface area contributed by atoms with E-state index in [0.717, 1.165) is 12.8 Å². The molecule has 0 fully saturated rings. The number of hydrogen-bond donors (Lipinski definition) is 1. The number of rotatable bonds is 4. The summed E-state index contributed by atoms with van der Waals surface area (Å²) in [6.07, 6.45) is -0.951. The van der Waals surface area contributed by atoms with Crippen LogP contribution in [0.15, 0.2) is 11.6 Å². The quantitative estimate of drug-likeness (QED) is 0.759. The summed E-state index contributed by atoms with van der Waals surface area (Å²) in [6, 6.07) is 0.316. The van der Waals surface area contributed by atoms with Gasteiger partial charge in [-0.05, 0) is 25.8 Å². The molecule has 5 heteroatoms. The van der Waals surface area contributed by atoms with Crippen LogP contribution in [0.3, 0.4) is 0 Å². The van der Waals surface area contributed by atoms with Gasteiger partial charge >= 0.3 is 6.18 Å². The molecule has 1 heterocycles. The van der Waals surface area contributed by atoms with Crippen LogP contribution in [0, 0.1) is 0 Å². The first-order chi connectivity index (χ1) is 7.49. The van der Waals surface area contributed by atoms with Crippen LogP contribution in [-0.2, 0) is 0 Å². The van der Waals surface area contributed by atoms with Gasteiger partial charge in [-0.3, -0.25) is 4.90 Å². The third-order valence-electron chi connectivity index (χ3n) is 3.09. The van der Waals surface area contributed by atoms with Crippen LogP contribution in [0.2, 0.25) is 0 Å². The Morgan fingerprint density at radius 1 is 1.50 bits per heavy atom. The highest BCUT2D eigenvalue weighted by molar-refractivity contribution is 5.13. The smallest absolute Gasteiger partial charge is 0.330 e. The third kappa shape index (κ3) is 3.49. The number of halogens is 3. The lowest BCUT2D eigenvalue weighted by molar-refractivity contribution is -0.0964. The van der Waals surface area contributed by atoms with Crippen molar-refractivity contribution in [3.8, 4) is 0 Å². The first-order valence-electron chi connectivity index (χ1n) is 5.69. The normalized spacial score (nSPS) is 20.7. The highest BCUT2D eigenvalue weighted by Gasteiger charge is 2.35. The van der Waals surface area contributed by atoms with Crippen molar-refractivity contribution in [2.75, 3.05) is 19.6 Å². The Kier molecular flexibility index (Phi) is 4.80. The molecule has 0 amide bonds. The minimum Gasteiger partial charge on any atom is -0.330 e. The van der Waals surface area contributed by atoms with Gasteiger partial charge in [0.05, 0.1) is 0 Å². The second-order valence-electron chi connectivity index (χ2n) is 4.11. The Bertz CT molecular complexity index is 248. The summed E-state index contributed by atoms with van der Waals surface area (Å²) in [5.41, 5.74) is 5.10. The zero-order chi connectivity index (χ0) is 12.2. The van der Waals surface area contributed by atoms with Crippen molar-refractivity contribution in [3.05, 3.63) is 11.6 Å². The van der Waals surface area contributed by atoms with Crippen molar-refractivity contribution in [1.29, 1.82) is 0 Å². The molecule has 0 aliphatic carbocycles. The summed E-state index contributed by atoms with van der Waals surface area (Å²) in [4.78, 5) is 2.09. The number of nitrogens with two attached hydrogens (primary N) is 1. The molecule has 0 aromatic carbocycles. The van der Waals surface area contributed by atoms with Crippen LogP contribution in [0.5, 0.6) is 0 Å². The molecule has 1 aliphatic rings. The summed E-state index contributed by atoms with van der Waals surface area (Å²) >= 11 is 0. The Morgan fingerprint density at radius 2 is 2.19 bits per heavy atom. The summed E-state index contributed by atoms with van der Waals surface area (Å²) in [5, 5.41) is 0. The Labute approximate surface area is 94.3 Å². The largest absolute Gasteiger partial charge is 0.412 e. The van der Waals surface area contributed by atoms with E-state index in [-0.39, 0.29) is 12.0 Å². The maximum atomic E-state index is 12.4. The Balaban J connectivity index is 2.56. The van der Waals surface area contributed by atoms with Crippen LogP contribution in [0.4, 0.5) is 13.2 Å². The van der Waals surface area contributed by atoms with Crippen LogP contribution in [0.25, 0.3) is 0 Å². The van der Waals surface area contributed by atoms with Gasteiger partial charge in [0.1, 0.15) is 0 Å². The van der Waals surface area contributed by atoms with Crippen LogP contribution in [-0.4, -0.2) is 36.8 Å². The molecule has 0 spiro atoms. The van der Waals surface area contributed by atoms with Gasteiger partial charge < -0.3 is 5.73 Å². The molecule has 0 aromatic rings. The number of hydrogen-bond acceptors (Lipinski definition) is 2. The van der Waals surface area contributed by atoms with Crippen molar-refractivity contribution >= 4 is 0 Å². The minimum atomic E-state index is -4.15. The van der Waals surface area contributed by atoms with Gasteiger partial charge in [-0.25, -0.2) is 0 Å². The third-order valence-corrected chi connectivity index (χ3v) is 3.09. The highest BCUT2D eigenvalue weighted by Crippen LogP contribution is 2.30. The Hall–Kier alpha value is -0.550. The second-order valence-corrected chi connectivity index (χ2v) is 4.11. The van der Waals surface area contributed by atoms with Gasteiger partial charge in [0.25, 0.3) is 0 Å². The van der Waals surface area contributed by atoms with E-state index in [1.54, 1.807) is 0 Å². The topological polar surface area (TPSA) is 29.3 Å². The lowest BCUT2D eigenvalue weighted by Gasteiger charge is -2.33. The van der Waals surface area contributed by atoms with Crippen LogP contribution >= 0.6 is 0 Å². The molecule has 1 atom stereocenters. The molecule has 0 saturated heterocycles. The average Bonchev–Trinajstić information content (AvgIpc) is 2.25. The lowest BCUT2D eigenvalue weighted by Crippen LogP contribution is -2.40. The zero-order valence-corrected chi connectivity index (χ0v) is 9.56. The predicted molar refractivity (Wildman–Crippen MR) is 58.1 cm³/mol. The Morgan fingerprint density at radius 3 is 2.56 bits per heavy atom. The number of alkyl halides is 3. The predicted octanol–water partition coefficient (Wildman–Crippen LogP) is 2.31. The van der Waals surface area contributed by atoms with E-state index in [1.807, 2.05) is 6.92 Å². The molecule has 0 saturated carbocycles. The van der Waals surface area contributed by atoms with E-state index < -0.39 is 6.18 Å². The standard InChI is InChI=1S/C11H19F3N2/c1-2-10(3-6-15)16-7-4-9(5-8-16)11(12,13)14/h4,10H,2-3,5-8,15H2,1H3. The van der Waals surface area contributed by atoms with Crippen molar-refractivity contribution in [2.24, 2.45) is 5.73 Å². The lowest BCUT2D eigenvalue weighted by atomic mass is 10.0. The molecule has 1 aliphatic heterocycles. The summed E-state index contributed by atoms with van der Waals surface area (Å²) in [6.45, 7) is 3.52. The summed E-state index contributed by atoms with van der Waals surface area (Å²) in [5.74, 6) is 0. The fourth-order valence-electron chi connectivity index (χ4n) is 2.11. The molecule has 0 aromatic heterocycles. The van der Waals surface area contributed by atoms with Crippen molar-refractivity contribution in [2.45, 2.75) is 38.4 Å². The maximum Gasteiger partial charge on any atom is 0.412 e. The van der Waals surface area contributed by atoms with Crippen LogP contribution in [0.1, 0.15) is 26.2 Å². The summed E-state index contributed by atoms with van der Waals surface area (Å²) in [7, 11) is 0. The van der Waals surface area contributed by atoms with E-state index >= 15 is 0 Å². The fourth-order valence-corrected chi connectivity index (χ4v) is 2.11. The van der Waals surface area contributed by atoms with Gasteiger partial charge in [0.2, 0.25) is 0 Å². The van der Waals surface area contributed by atoms with Crippen LogP contribution < -0.4 is 5.73 Å². The van der Waals surface area contributed by atoms with Crippen molar-refractivity contribution < 1.29 is 13.2 Å². The number of nitrogens with zero attached hydrogens (tertiary/aromatic N) is 1. The van der Waals surface area contributed by atoms with E-state index in [0.29, 0.717) is 25.7 Å². The first-order valence-corrected chi connectivity index (χ1v) is 5.69. The second kappa shape index (κ2) is 5.68. The van der Waals surface area contributed by atoms with Gasteiger partial charge in [0.15, 0.2) is 0 Å². The fraction of sp³-hybridized carbons (Fsp3) is 0.818. The summed E-state index contributed by atoms with van der Waals surface area (Å²) < 4.78 is 37.2. The van der Waals surface area contributed by atoms with E-state index in [4.69, 9.17) is 5.73 Å². The van der Waals surface area contributed by atoms with Gasteiger partial charge in [-0.2, -0.15) is 13.2 Å². The molecule has 0 radical (unpaired) electrons. The monoisotopic (exact) mass is 236 g/mol. The van der Waals surface area contributed by atoms with E-state index in [1.165, 1.54) is 6.08 Å². The maximum absolute atomic E-state index is 12.4. The van der Waals surface area contributed by atoms with Gasteiger partial charge in [0, 0.05) is 24.7 Å². The van der Waals surface area contributed by atoms with Crippen molar-refractivity contribution in [1.82, 2.24) is 4.90 Å². The molecule has 94 valence electrons. The zero-order valence-electron chi connectivity index (χ0n) is 9.56. The van der Waals surface area contributed by atoms with E-state index in [9.17, 15) is 13.2 Å². The molecule has 1 unspecified atom stereocenters. The van der Waals surface area contributed by atoms with E-state index in [2.05, 4.69) is 4.90 Å². The molecule has 2 N–H and O–H groups in total. The molecule has 0 bridgehead atoms. The van der Waals surface area contributed by atoms with Crippen molar-refractivity contribution in [3.63, 3.8) is 0 Å². The van der Waals surface area contributed by atoms with Gasteiger partial charge in [-0.1, -0.05) is 13.0 Å². The molecule has 16 heavy (non-hydrogen) atoms. The molecule has 1 rings (SSSR count). The average molecular weight is 236 g/mol. The first kappa shape index (κ1) is 13.5. The molecular formula is C11H19F3N2. The minimum absolute atomic E-state index is 0.102. The SMILES string of the molecule is CCC(CCN)N1CC=C(C(F)(F)F)CC1. The van der Waals surface area contributed by atoms with Gasteiger partial charge in [-0.15, -0.1) is 0 Å². The molecular weight excluding hydrogens is 217 g/mol. The highest BCUT2D eigenvalue weighted by atomic mass is 19.4.